The second-order valence-corrected chi connectivity index (χ2v) is 7.05. The Bertz CT molecular complexity index is 491. The molecule has 1 saturated carbocycles. The van der Waals surface area contributed by atoms with Gasteiger partial charge < -0.3 is 15.8 Å². The number of hydrogen-bond donors (Lipinski definition) is 2. The molecule has 1 aromatic carbocycles. The standard InChI is InChI=1S/C19H30N2O2/c1-15(2)23-13-16-6-8-17(9-7-16)21-18(22)12-19(14-20)10-4-3-5-11-19/h6-9,15H,3-5,10-14,20H2,1-2H3,(H,21,22). The van der Waals surface area contributed by atoms with Gasteiger partial charge in [-0.05, 0) is 56.3 Å². The number of benzene rings is 1. The summed E-state index contributed by atoms with van der Waals surface area (Å²) < 4.78 is 5.58. The van der Waals surface area contributed by atoms with Gasteiger partial charge in [0, 0.05) is 12.1 Å². The molecule has 4 nitrogen and oxygen atoms in total. The Morgan fingerprint density at radius 2 is 1.87 bits per heavy atom. The van der Waals surface area contributed by atoms with Crippen LogP contribution in [-0.2, 0) is 16.1 Å². The van der Waals surface area contributed by atoms with E-state index in [2.05, 4.69) is 5.32 Å². The maximum absolute atomic E-state index is 12.4. The maximum Gasteiger partial charge on any atom is 0.224 e. The summed E-state index contributed by atoms with van der Waals surface area (Å²) in [5, 5.41) is 3.01. The molecule has 1 aromatic rings. The molecule has 0 atom stereocenters. The summed E-state index contributed by atoms with van der Waals surface area (Å²) in [6, 6.07) is 7.87. The van der Waals surface area contributed by atoms with E-state index in [1.165, 1.54) is 19.3 Å². The lowest BCUT2D eigenvalue weighted by Crippen LogP contribution is -2.36. The van der Waals surface area contributed by atoms with E-state index in [1.807, 2.05) is 38.1 Å². The summed E-state index contributed by atoms with van der Waals surface area (Å²) >= 11 is 0. The lowest BCUT2D eigenvalue weighted by atomic mass is 9.71. The second kappa shape index (κ2) is 8.46. The number of ether oxygens (including phenoxy) is 1. The zero-order valence-corrected chi connectivity index (χ0v) is 14.4. The molecule has 1 amide bonds. The largest absolute Gasteiger partial charge is 0.374 e. The van der Waals surface area contributed by atoms with E-state index in [0.29, 0.717) is 19.6 Å². The summed E-state index contributed by atoms with van der Waals surface area (Å²) in [7, 11) is 0. The van der Waals surface area contributed by atoms with Crippen LogP contribution < -0.4 is 11.1 Å². The Balaban J connectivity index is 1.87. The van der Waals surface area contributed by atoms with Crippen molar-refractivity contribution < 1.29 is 9.53 Å². The third-order valence-corrected chi connectivity index (χ3v) is 4.70. The molecule has 0 radical (unpaired) electrons. The summed E-state index contributed by atoms with van der Waals surface area (Å²) in [6.07, 6.45) is 6.54. The molecule has 0 bridgehead atoms. The average Bonchev–Trinajstić information content (AvgIpc) is 2.55. The van der Waals surface area contributed by atoms with Crippen LogP contribution >= 0.6 is 0 Å². The van der Waals surface area contributed by atoms with E-state index >= 15 is 0 Å². The van der Waals surface area contributed by atoms with Crippen LogP contribution in [0.1, 0.15) is 57.9 Å². The zero-order chi connectivity index (χ0) is 16.7. The van der Waals surface area contributed by atoms with Gasteiger partial charge in [0.25, 0.3) is 0 Å². The number of nitrogens with one attached hydrogen (secondary N) is 1. The highest BCUT2D eigenvalue weighted by Crippen LogP contribution is 2.38. The maximum atomic E-state index is 12.4. The number of carbonyl (C=O) groups is 1. The van der Waals surface area contributed by atoms with Crippen molar-refractivity contribution in [1.82, 2.24) is 0 Å². The third kappa shape index (κ3) is 5.63. The minimum Gasteiger partial charge on any atom is -0.374 e. The summed E-state index contributed by atoms with van der Waals surface area (Å²) in [4.78, 5) is 12.4. The Labute approximate surface area is 139 Å². The highest BCUT2D eigenvalue weighted by Gasteiger charge is 2.32. The Morgan fingerprint density at radius 1 is 1.22 bits per heavy atom. The average molecular weight is 318 g/mol. The lowest BCUT2D eigenvalue weighted by molar-refractivity contribution is -0.118. The van der Waals surface area contributed by atoms with Crippen molar-refractivity contribution in [2.75, 3.05) is 11.9 Å². The Morgan fingerprint density at radius 3 is 2.43 bits per heavy atom. The van der Waals surface area contributed by atoms with Gasteiger partial charge in [-0.2, -0.15) is 0 Å². The molecule has 3 N–H and O–H groups in total. The quantitative estimate of drug-likeness (QED) is 0.802. The molecule has 0 heterocycles. The molecule has 4 heteroatoms. The topological polar surface area (TPSA) is 64.3 Å². The van der Waals surface area contributed by atoms with Gasteiger partial charge in [0.15, 0.2) is 0 Å². The van der Waals surface area contributed by atoms with Crippen LogP contribution in [0.4, 0.5) is 5.69 Å². The monoisotopic (exact) mass is 318 g/mol. The number of nitrogens with two attached hydrogens (primary N) is 1. The minimum absolute atomic E-state index is 0.00732. The van der Waals surface area contributed by atoms with Crippen molar-refractivity contribution in [2.24, 2.45) is 11.1 Å². The van der Waals surface area contributed by atoms with E-state index in [9.17, 15) is 4.79 Å². The van der Waals surface area contributed by atoms with Crippen LogP contribution in [0.5, 0.6) is 0 Å². The highest BCUT2D eigenvalue weighted by molar-refractivity contribution is 5.91. The minimum atomic E-state index is 0.00732. The van der Waals surface area contributed by atoms with E-state index in [0.717, 1.165) is 24.1 Å². The molecule has 128 valence electrons. The van der Waals surface area contributed by atoms with Gasteiger partial charge >= 0.3 is 0 Å². The molecule has 0 saturated heterocycles. The van der Waals surface area contributed by atoms with E-state index in [1.54, 1.807) is 0 Å². The van der Waals surface area contributed by atoms with Crippen LogP contribution in [-0.4, -0.2) is 18.6 Å². The van der Waals surface area contributed by atoms with Crippen molar-refractivity contribution in [3.63, 3.8) is 0 Å². The molecule has 0 aliphatic heterocycles. The van der Waals surface area contributed by atoms with Crippen molar-refractivity contribution >= 4 is 11.6 Å². The first kappa shape index (κ1) is 18.0. The van der Waals surface area contributed by atoms with Gasteiger partial charge in [-0.15, -0.1) is 0 Å². The first-order chi connectivity index (χ1) is 11.0. The zero-order valence-electron chi connectivity index (χ0n) is 14.4. The molecule has 0 aromatic heterocycles. The van der Waals surface area contributed by atoms with Crippen LogP contribution in [0, 0.1) is 5.41 Å². The molecule has 2 rings (SSSR count). The van der Waals surface area contributed by atoms with Crippen LogP contribution in [0.25, 0.3) is 0 Å². The number of amides is 1. The van der Waals surface area contributed by atoms with Gasteiger partial charge in [-0.1, -0.05) is 31.4 Å². The van der Waals surface area contributed by atoms with Crippen LogP contribution in [0.2, 0.25) is 0 Å². The smallest absolute Gasteiger partial charge is 0.224 e. The molecule has 1 aliphatic carbocycles. The van der Waals surface area contributed by atoms with E-state index in [4.69, 9.17) is 10.5 Å². The third-order valence-electron chi connectivity index (χ3n) is 4.70. The fourth-order valence-corrected chi connectivity index (χ4v) is 3.25. The van der Waals surface area contributed by atoms with Crippen molar-refractivity contribution in [1.29, 1.82) is 0 Å². The SMILES string of the molecule is CC(C)OCc1ccc(NC(=O)CC2(CN)CCCCC2)cc1. The Hall–Kier alpha value is -1.39. The van der Waals surface area contributed by atoms with E-state index < -0.39 is 0 Å². The van der Waals surface area contributed by atoms with Crippen molar-refractivity contribution in [2.45, 2.75) is 65.1 Å². The molecule has 0 spiro atoms. The predicted octanol–water partition coefficient (Wildman–Crippen LogP) is 3.85. The first-order valence-corrected chi connectivity index (χ1v) is 8.73. The first-order valence-electron chi connectivity index (χ1n) is 8.73. The second-order valence-electron chi connectivity index (χ2n) is 7.05. The van der Waals surface area contributed by atoms with Gasteiger partial charge in [0.1, 0.15) is 0 Å². The fourth-order valence-electron chi connectivity index (χ4n) is 3.25. The van der Waals surface area contributed by atoms with Crippen LogP contribution in [0.3, 0.4) is 0 Å². The Kier molecular flexibility index (Phi) is 6.60. The number of anilines is 1. The van der Waals surface area contributed by atoms with Gasteiger partial charge in [0.05, 0.1) is 12.7 Å². The molecular formula is C19H30N2O2. The number of carbonyl (C=O) groups excluding carboxylic acids is 1. The van der Waals surface area contributed by atoms with Crippen molar-refractivity contribution in [3.8, 4) is 0 Å². The number of hydrogen-bond acceptors (Lipinski definition) is 3. The molecular weight excluding hydrogens is 288 g/mol. The van der Waals surface area contributed by atoms with Gasteiger partial charge in [-0.25, -0.2) is 0 Å². The highest BCUT2D eigenvalue weighted by atomic mass is 16.5. The molecule has 1 fully saturated rings. The fraction of sp³-hybridized carbons (Fsp3) is 0.632. The molecule has 23 heavy (non-hydrogen) atoms. The van der Waals surface area contributed by atoms with Gasteiger partial charge in [-0.3, -0.25) is 4.79 Å². The predicted molar refractivity (Wildman–Crippen MR) is 94.2 cm³/mol. The summed E-state index contributed by atoms with van der Waals surface area (Å²) in [6.45, 7) is 5.24. The molecule has 0 unspecified atom stereocenters. The number of rotatable bonds is 7. The normalized spacial score (nSPS) is 17.2. The van der Waals surface area contributed by atoms with Gasteiger partial charge in [0.2, 0.25) is 5.91 Å². The molecule has 1 aliphatic rings. The van der Waals surface area contributed by atoms with Crippen LogP contribution in [0.15, 0.2) is 24.3 Å². The summed E-state index contributed by atoms with van der Waals surface area (Å²) in [5.41, 5.74) is 7.92. The van der Waals surface area contributed by atoms with E-state index in [-0.39, 0.29) is 17.4 Å². The lowest BCUT2D eigenvalue weighted by Gasteiger charge is -2.35. The summed E-state index contributed by atoms with van der Waals surface area (Å²) in [5.74, 6) is 0.0727. The van der Waals surface area contributed by atoms with Crippen molar-refractivity contribution in [3.05, 3.63) is 29.8 Å².